The molecule has 5 rings (SSSR count). The van der Waals surface area contributed by atoms with E-state index in [1.807, 2.05) is 18.1 Å². The highest BCUT2D eigenvalue weighted by Gasteiger charge is 2.26. The van der Waals surface area contributed by atoms with Gasteiger partial charge in [-0.2, -0.15) is 5.10 Å². The maximum Gasteiger partial charge on any atom is 0.279 e. The van der Waals surface area contributed by atoms with Crippen LogP contribution in [0, 0.1) is 12.7 Å². The monoisotopic (exact) mass is 468 g/mol. The first-order valence-electron chi connectivity index (χ1n) is 10.5. The van der Waals surface area contributed by atoms with Gasteiger partial charge in [0.25, 0.3) is 5.56 Å². The number of aromatic nitrogens is 5. The van der Waals surface area contributed by atoms with Crippen LogP contribution in [0.15, 0.2) is 41.5 Å². The Morgan fingerprint density at radius 1 is 1.15 bits per heavy atom. The van der Waals surface area contributed by atoms with Crippen LogP contribution in [0.3, 0.4) is 0 Å². The van der Waals surface area contributed by atoms with Gasteiger partial charge in [-0.15, -0.1) is 0 Å². The van der Waals surface area contributed by atoms with Gasteiger partial charge in [0, 0.05) is 55.1 Å². The van der Waals surface area contributed by atoms with E-state index in [1.165, 1.54) is 10.6 Å². The normalized spacial score (nSPS) is 16.5. The van der Waals surface area contributed by atoms with Crippen molar-refractivity contribution >= 4 is 28.5 Å². The molecule has 4 heterocycles. The lowest BCUT2D eigenvalue weighted by atomic mass is 10.0. The molecule has 1 aliphatic heterocycles. The van der Waals surface area contributed by atoms with Crippen LogP contribution >= 0.6 is 11.6 Å². The maximum atomic E-state index is 14.9. The van der Waals surface area contributed by atoms with Crippen LogP contribution in [-0.4, -0.2) is 44.0 Å². The molecule has 33 heavy (non-hydrogen) atoms. The third kappa shape index (κ3) is 3.87. The largest absolute Gasteiger partial charge is 0.370 e. The Hall–Kier alpha value is -3.30. The van der Waals surface area contributed by atoms with Crippen molar-refractivity contribution in [3.05, 3.63) is 69.2 Å². The van der Waals surface area contributed by atoms with Crippen LogP contribution in [-0.2, 0) is 18.8 Å². The fourth-order valence-electron chi connectivity index (χ4n) is 4.07. The fourth-order valence-corrected chi connectivity index (χ4v) is 4.23. The van der Waals surface area contributed by atoms with Gasteiger partial charge in [0.2, 0.25) is 0 Å². The lowest BCUT2D eigenvalue weighted by Gasteiger charge is -2.33. The maximum absolute atomic E-state index is 14.9. The summed E-state index contributed by atoms with van der Waals surface area (Å²) in [7, 11) is 3.50. The fraction of sp³-hybridized carbons (Fsp3) is 0.304. The Bertz CT molecular complexity index is 1430. The zero-order valence-electron chi connectivity index (χ0n) is 18.4. The number of fused-ring (bicyclic) bond motifs is 1. The van der Waals surface area contributed by atoms with Crippen LogP contribution in [0.4, 0.5) is 10.2 Å². The number of anilines is 1. The van der Waals surface area contributed by atoms with E-state index < -0.39 is 5.82 Å². The lowest BCUT2D eigenvalue weighted by Crippen LogP contribution is -2.39. The summed E-state index contributed by atoms with van der Waals surface area (Å²) >= 11 is 5.97. The second-order valence-electron chi connectivity index (χ2n) is 8.13. The van der Waals surface area contributed by atoms with E-state index in [9.17, 15) is 9.18 Å². The standard InChI is InChI=1S/C23H22ClFN6O2/c1-13-27-21-17(16-5-4-15(24)8-18(16)25)9-20(28-22(21)23(32)30(13)3)31-6-7-33-19(12-31)14-10-26-29(2)11-14/h4-5,8-11,19H,6-7,12H2,1-3H3/t19-/m0/s1. The van der Waals surface area contributed by atoms with E-state index in [0.29, 0.717) is 53.0 Å². The number of morpholine rings is 1. The molecule has 0 spiro atoms. The molecule has 1 fully saturated rings. The van der Waals surface area contributed by atoms with E-state index in [1.54, 1.807) is 43.0 Å². The molecule has 0 unspecified atom stereocenters. The molecule has 8 nitrogen and oxygen atoms in total. The van der Waals surface area contributed by atoms with E-state index in [2.05, 4.69) is 15.1 Å². The van der Waals surface area contributed by atoms with Crippen molar-refractivity contribution in [3.63, 3.8) is 0 Å². The summed E-state index contributed by atoms with van der Waals surface area (Å²) in [5.41, 5.74) is 2.03. The van der Waals surface area contributed by atoms with Gasteiger partial charge in [0.05, 0.1) is 12.8 Å². The van der Waals surface area contributed by atoms with Crippen LogP contribution in [0.25, 0.3) is 22.2 Å². The molecular weight excluding hydrogens is 447 g/mol. The SMILES string of the molecule is Cc1nc2c(-c3ccc(Cl)cc3F)cc(N3CCO[C@H](c4cnn(C)c4)C3)nc2c(=O)n1C. The zero-order valence-corrected chi connectivity index (χ0v) is 19.2. The average molecular weight is 469 g/mol. The molecule has 170 valence electrons. The first kappa shape index (κ1) is 21.5. The van der Waals surface area contributed by atoms with Crippen molar-refractivity contribution < 1.29 is 9.13 Å². The van der Waals surface area contributed by atoms with Crippen molar-refractivity contribution in [1.82, 2.24) is 24.3 Å². The van der Waals surface area contributed by atoms with Crippen molar-refractivity contribution in [2.75, 3.05) is 24.6 Å². The van der Waals surface area contributed by atoms with Crippen LogP contribution in [0.1, 0.15) is 17.5 Å². The molecule has 0 bridgehead atoms. The Morgan fingerprint density at radius 3 is 2.70 bits per heavy atom. The number of halogens is 2. The highest BCUT2D eigenvalue weighted by atomic mass is 35.5. The van der Waals surface area contributed by atoms with E-state index in [0.717, 1.165) is 5.56 Å². The second-order valence-corrected chi connectivity index (χ2v) is 8.56. The number of hydrogen-bond acceptors (Lipinski definition) is 6. The second kappa shape index (κ2) is 8.24. The van der Waals surface area contributed by atoms with Gasteiger partial charge in [-0.25, -0.2) is 14.4 Å². The third-order valence-electron chi connectivity index (χ3n) is 5.95. The first-order valence-corrected chi connectivity index (χ1v) is 10.9. The molecule has 0 saturated carbocycles. The molecular formula is C23H22ClFN6O2. The van der Waals surface area contributed by atoms with Gasteiger partial charge < -0.3 is 9.64 Å². The lowest BCUT2D eigenvalue weighted by molar-refractivity contribution is 0.0395. The summed E-state index contributed by atoms with van der Waals surface area (Å²) < 4.78 is 24.1. The third-order valence-corrected chi connectivity index (χ3v) is 6.19. The summed E-state index contributed by atoms with van der Waals surface area (Å²) in [5.74, 6) is 0.587. The molecule has 1 saturated heterocycles. The molecule has 10 heteroatoms. The minimum Gasteiger partial charge on any atom is -0.370 e. The number of nitrogens with zero attached hydrogens (tertiary/aromatic N) is 6. The predicted octanol–water partition coefficient (Wildman–Crippen LogP) is 3.41. The topological polar surface area (TPSA) is 78.1 Å². The average Bonchev–Trinajstić information content (AvgIpc) is 3.24. The number of ether oxygens (including phenoxy) is 1. The molecule has 0 amide bonds. The first-order chi connectivity index (χ1) is 15.8. The molecule has 1 aromatic carbocycles. The molecule has 1 aliphatic rings. The molecule has 0 N–H and O–H groups in total. The summed E-state index contributed by atoms with van der Waals surface area (Å²) in [5, 5.41) is 4.52. The quantitative estimate of drug-likeness (QED) is 0.458. The number of aryl methyl sites for hydroxylation is 2. The van der Waals surface area contributed by atoms with Gasteiger partial charge >= 0.3 is 0 Å². The van der Waals surface area contributed by atoms with Gasteiger partial charge in [-0.05, 0) is 31.2 Å². The number of benzene rings is 1. The summed E-state index contributed by atoms with van der Waals surface area (Å²) in [4.78, 5) is 24.4. The Kier molecular flexibility index (Phi) is 5.38. The van der Waals surface area contributed by atoms with Crippen molar-refractivity contribution in [2.24, 2.45) is 14.1 Å². The van der Waals surface area contributed by atoms with Crippen LogP contribution in [0.5, 0.6) is 0 Å². The minimum absolute atomic E-state index is 0.189. The number of pyridine rings is 1. The van der Waals surface area contributed by atoms with Gasteiger partial charge in [-0.1, -0.05) is 11.6 Å². The highest BCUT2D eigenvalue weighted by molar-refractivity contribution is 6.30. The van der Waals surface area contributed by atoms with Crippen LogP contribution < -0.4 is 10.5 Å². The van der Waals surface area contributed by atoms with E-state index >= 15 is 0 Å². The number of hydrogen-bond donors (Lipinski definition) is 0. The van der Waals surface area contributed by atoms with Gasteiger partial charge in [0.15, 0.2) is 5.52 Å². The molecule has 3 aromatic heterocycles. The van der Waals surface area contributed by atoms with Crippen molar-refractivity contribution in [1.29, 1.82) is 0 Å². The number of rotatable bonds is 3. The van der Waals surface area contributed by atoms with E-state index in [-0.39, 0.29) is 17.2 Å². The van der Waals surface area contributed by atoms with E-state index in [4.69, 9.17) is 16.3 Å². The summed E-state index contributed by atoms with van der Waals surface area (Å²) in [6.45, 7) is 3.31. The summed E-state index contributed by atoms with van der Waals surface area (Å²) in [6, 6.07) is 6.26. The Labute approximate surface area is 194 Å². The van der Waals surface area contributed by atoms with Gasteiger partial charge in [0.1, 0.15) is 29.1 Å². The zero-order chi connectivity index (χ0) is 23.3. The smallest absolute Gasteiger partial charge is 0.279 e. The van der Waals surface area contributed by atoms with Crippen LogP contribution in [0.2, 0.25) is 5.02 Å². The molecule has 0 radical (unpaired) electrons. The Morgan fingerprint density at radius 2 is 1.97 bits per heavy atom. The predicted molar refractivity (Wildman–Crippen MR) is 124 cm³/mol. The Balaban J connectivity index is 1.67. The molecule has 4 aromatic rings. The highest BCUT2D eigenvalue weighted by Crippen LogP contribution is 2.34. The molecule has 0 aliphatic carbocycles. The molecule has 1 atom stereocenters. The van der Waals surface area contributed by atoms with Crippen molar-refractivity contribution in [2.45, 2.75) is 13.0 Å². The van der Waals surface area contributed by atoms with Crippen molar-refractivity contribution in [3.8, 4) is 11.1 Å². The minimum atomic E-state index is -0.490. The van der Waals surface area contributed by atoms with Gasteiger partial charge in [-0.3, -0.25) is 14.0 Å². The summed E-state index contributed by atoms with van der Waals surface area (Å²) in [6.07, 6.45) is 3.50.